The van der Waals surface area contributed by atoms with Crippen molar-refractivity contribution in [3.63, 3.8) is 0 Å². The molecule has 0 spiro atoms. The van der Waals surface area contributed by atoms with Crippen LogP contribution in [0.15, 0.2) is 46.9 Å². The Kier molecular flexibility index (Phi) is 4.86. The molecule has 0 saturated carbocycles. The smallest absolute Gasteiger partial charge is 0.227 e. The SMILES string of the molecule is CCCC(C)C(=O)Nc1ccc(-c2nc3cc(Cl)ccc3o2)cc1. The van der Waals surface area contributed by atoms with E-state index in [-0.39, 0.29) is 11.8 Å². The highest BCUT2D eigenvalue weighted by Gasteiger charge is 2.12. The Balaban J connectivity index is 1.77. The first-order chi connectivity index (χ1) is 11.6. The first-order valence-electron chi connectivity index (χ1n) is 8.04. The fourth-order valence-electron chi connectivity index (χ4n) is 2.55. The van der Waals surface area contributed by atoms with Crippen LogP contribution < -0.4 is 5.32 Å². The summed E-state index contributed by atoms with van der Waals surface area (Å²) in [7, 11) is 0. The molecule has 0 radical (unpaired) electrons. The maximum absolute atomic E-state index is 12.1. The lowest BCUT2D eigenvalue weighted by Gasteiger charge is -2.11. The molecular weight excluding hydrogens is 324 g/mol. The summed E-state index contributed by atoms with van der Waals surface area (Å²) < 4.78 is 5.74. The largest absolute Gasteiger partial charge is 0.436 e. The first-order valence-corrected chi connectivity index (χ1v) is 8.42. The van der Waals surface area contributed by atoms with E-state index in [4.69, 9.17) is 16.0 Å². The molecule has 24 heavy (non-hydrogen) atoms. The van der Waals surface area contributed by atoms with Crippen LogP contribution in [-0.4, -0.2) is 10.9 Å². The Hall–Kier alpha value is -2.33. The van der Waals surface area contributed by atoms with Gasteiger partial charge in [-0.1, -0.05) is 31.9 Å². The van der Waals surface area contributed by atoms with Crippen LogP contribution in [0.1, 0.15) is 26.7 Å². The number of nitrogens with one attached hydrogen (secondary N) is 1. The molecule has 3 aromatic rings. The van der Waals surface area contributed by atoms with Crippen molar-refractivity contribution < 1.29 is 9.21 Å². The number of halogens is 1. The van der Waals surface area contributed by atoms with Gasteiger partial charge in [0.25, 0.3) is 0 Å². The maximum Gasteiger partial charge on any atom is 0.227 e. The lowest BCUT2D eigenvalue weighted by molar-refractivity contribution is -0.119. The minimum absolute atomic E-state index is 0.0106. The van der Waals surface area contributed by atoms with E-state index in [1.165, 1.54) is 0 Å². The number of hydrogen-bond donors (Lipinski definition) is 1. The summed E-state index contributed by atoms with van der Waals surface area (Å²) >= 11 is 5.97. The molecule has 1 aromatic heterocycles. The van der Waals surface area contributed by atoms with Gasteiger partial charge in [-0.25, -0.2) is 4.98 Å². The fourth-order valence-corrected chi connectivity index (χ4v) is 2.72. The lowest BCUT2D eigenvalue weighted by atomic mass is 10.1. The second-order valence-electron chi connectivity index (χ2n) is 5.89. The molecule has 0 saturated heterocycles. The Labute approximate surface area is 145 Å². The number of oxazole rings is 1. The quantitative estimate of drug-likeness (QED) is 0.663. The third kappa shape index (κ3) is 3.60. The Morgan fingerprint density at radius 3 is 2.71 bits per heavy atom. The molecule has 4 nitrogen and oxygen atoms in total. The Morgan fingerprint density at radius 2 is 2.00 bits per heavy atom. The summed E-state index contributed by atoms with van der Waals surface area (Å²) in [6.07, 6.45) is 1.88. The molecule has 0 aliphatic carbocycles. The van der Waals surface area contributed by atoms with Crippen LogP contribution in [0.2, 0.25) is 5.02 Å². The molecule has 1 heterocycles. The molecule has 3 rings (SSSR count). The van der Waals surface area contributed by atoms with E-state index >= 15 is 0 Å². The zero-order valence-corrected chi connectivity index (χ0v) is 14.4. The summed E-state index contributed by atoms with van der Waals surface area (Å²) in [5, 5.41) is 3.56. The predicted octanol–water partition coefficient (Wildman–Crippen LogP) is 5.52. The van der Waals surface area contributed by atoms with E-state index in [0.717, 1.165) is 29.6 Å². The van der Waals surface area contributed by atoms with Crippen LogP contribution in [0.5, 0.6) is 0 Å². The van der Waals surface area contributed by atoms with Crippen LogP contribution >= 0.6 is 11.6 Å². The molecule has 1 amide bonds. The molecule has 1 N–H and O–H groups in total. The van der Waals surface area contributed by atoms with Gasteiger partial charge in [0.1, 0.15) is 5.52 Å². The van der Waals surface area contributed by atoms with Gasteiger partial charge in [-0.2, -0.15) is 0 Å². The number of fused-ring (bicyclic) bond motifs is 1. The van der Waals surface area contributed by atoms with Crippen molar-refractivity contribution in [2.24, 2.45) is 5.92 Å². The predicted molar refractivity (Wildman–Crippen MR) is 97.2 cm³/mol. The van der Waals surface area contributed by atoms with E-state index in [2.05, 4.69) is 17.2 Å². The number of carbonyl (C=O) groups is 1. The van der Waals surface area contributed by atoms with Crippen molar-refractivity contribution >= 4 is 34.3 Å². The van der Waals surface area contributed by atoms with Gasteiger partial charge in [0.05, 0.1) is 0 Å². The van der Waals surface area contributed by atoms with Crippen LogP contribution in [0, 0.1) is 5.92 Å². The van der Waals surface area contributed by atoms with Gasteiger partial charge >= 0.3 is 0 Å². The summed E-state index contributed by atoms with van der Waals surface area (Å²) in [6.45, 7) is 4.02. The van der Waals surface area contributed by atoms with E-state index < -0.39 is 0 Å². The number of hydrogen-bond acceptors (Lipinski definition) is 3. The van der Waals surface area contributed by atoms with Crippen molar-refractivity contribution in [1.82, 2.24) is 4.98 Å². The average molecular weight is 343 g/mol. The van der Waals surface area contributed by atoms with Crippen LogP contribution in [0.25, 0.3) is 22.6 Å². The van der Waals surface area contributed by atoms with E-state index in [9.17, 15) is 4.79 Å². The molecule has 1 atom stereocenters. The van der Waals surface area contributed by atoms with Gasteiger partial charge < -0.3 is 9.73 Å². The summed E-state index contributed by atoms with van der Waals surface area (Å²) in [4.78, 5) is 16.5. The van der Waals surface area contributed by atoms with Crippen LogP contribution in [0.4, 0.5) is 5.69 Å². The number of rotatable bonds is 5. The molecule has 5 heteroatoms. The third-order valence-corrected chi connectivity index (χ3v) is 4.15. The normalized spacial score (nSPS) is 12.3. The van der Waals surface area contributed by atoms with E-state index in [1.54, 1.807) is 18.2 Å². The lowest BCUT2D eigenvalue weighted by Crippen LogP contribution is -2.20. The molecule has 0 aliphatic heterocycles. The molecule has 124 valence electrons. The number of carbonyl (C=O) groups excluding carboxylic acids is 1. The van der Waals surface area contributed by atoms with E-state index in [1.807, 2.05) is 31.2 Å². The van der Waals surface area contributed by atoms with Gasteiger partial charge in [-0.15, -0.1) is 0 Å². The Morgan fingerprint density at radius 1 is 1.25 bits per heavy atom. The number of amides is 1. The van der Waals surface area contributed by atoms with Crippen molar-refractivity contribution in [1.29, 1.82) is 0 Å². The standard InChI is InChI=1S/C19H19ClN2O2/c1-3-4-12(2)18(23)21-15-8-5-13(6-9-15)19-22-16-11-14(20)7-10-17(16)24-19/h5-12H,3-4H2,1-2H3,(H,21,23). The van der Waals surface area contributed by atoms with Crippen molar-refractivity contribution in [3.05, 3.63) is 47.5 Å². The zero-order chi connectivity index (χ0) is 17.1. The van der Waals surface area contributed by atoms with E-state index in [0.29, 0.717) is 16.5 Å². The molecule has 0 aliphatic rings. The van der Waals surface area contributed by atoms with Crippen LogP contribution in [0.3, 0.4) is 0 Å². The highest BCUT2D eigenvalue weighted by atomic mass is 35.5. The summed E-state index contributed by atoms with van der Waals surface area (Å²) in [6, 6.07) is 12.8. The summed E-state index contributed by atoms with van der Waals surface area (Å²) in [5.41, 5.74) is 3.04. The van der Waals surface area contributed by atoms with Crippen molar-refractivity contribution in [2.45, 2.75) is 26.7 Å². The Bertz CT molecular complexity index is 855. The van der Waals surface area contributed by atoms with Gasteiger partial charge in [0.2, 0.25) is 11.8 Å². The maximum atomic E-state index is 12.1. The minimum Gasteiger partial charge on any atom is -0.436 e. The molecule has 0 fully saturated rings. The fraction of sp³-hybridized carbons (Fsp3) is 0.263. The van der Waals surface area contributed by atoms with Crippen molar-refractivity contribution in [3.8, 4) is 11.5 Å². The molecule has 2 aromatic carbocycles. The molecule has 0 bridgehead atoms. The van der Waals surface area contributed by atoms with Crippen LogP contribution in [-0.2, 0) is 4.79 Å². The zero-order valence-electron chi connectivity index (χ0n) is 13.7. The molecular formula is C19H19ClN2O2. The first kappa shape index (κ1) is 16.5. The minimum atomic E-state index is 0.0106. The number of benzene rings is 2. The average Bonchev–Trinajstić information content (AvgIpc) is 2.98. The highest BCUT2D eigenvalue weighted by Crippen LogP contribution is 2.27. The number of nitrogens with zero attached hydrogens (tertiary/aromatic N) is 1. The topological polar surface area (TPSA) is 55.1 Å². The van der Waals surface area contributed by atoms with Gasteiger partial charge in [-0.05, 0) is 48.9 Å². The monoisotopic (exact) mass is 342 g/mol. The highest BCUT2D eigenvalue weighted by molar-refractivity contribution is 6.31. The van der Waals surface area contributed by atoms with Gasteiger partial charge in [0.15, 0.2) is 5.58 Å². The second kappa shape index (κ2) is 7.05. The van der Waals surface area contributed by atoms with Crippen molar-refractivity contribution in [2.75, 3.05) is 5.32 Å². The van der Waals surface area contributed by atoms with Gasteiger partial charge in [-0.3, -0.25) is 4.79 Å². The second-order valence-corrected chi connectivity index (χ2v) is 6.32. The third-order valence-electron chi connectivity index (χ3n) is 3.92. The summed E-state index contributed by atoms with van der Waals surface area (Å²) in [5.74, 6) is 0.585. The van der Waals surface area contributed by atoms with Gasteiger partial charge in [0, 0.05) is 22.2 Å². The number of anilines is 1. The number of aromatic nitrogens is 1. The molecule has 1 unspecified atom stereocenters.